The van der Waals surface area contributed by atoms with Gasteiger partial charge >= 0.3 is 0 Å². The highest BCUT2D eigenvalue weighted by molar-refractivity contribution is 5.45. The molecule has 4 heteroatoms. The molecule has 0 radical (unpaired) electrons. The van der Waals surface area contributed by atoms with Crippen molar-refractivity contribution >= 4 is 0 Å². The second-order valence-electron chi connectivity index (χ2n) is 4.92. The number of ether oxygens (including phenoxy) is 1. The highest BCUT2D eigenvalue weighted by Gasteiger charge is 2.19. The number of likely N-dealkylation sites (tertiary alicyclic amines) is 1. The SMILES string of the molecule is COc1cccc(CN2CCC(CN)CC2)c1O. The van der Waals surface area contributed by atoms with Crippen LogP contribution in [0.15, 0.2) is 18.2 Å². The van der Waals surface area contributed by atoms with Crippen molar-refractivity contribution in [2.45, 2.75) is 19.4 Å². The molecule has 0 atom stereocenters. The van der Waals surface area contributed by atoms with Crippen molar-refractivity contribution < 1.29 is 9.84 Å². The third-order valence-corrected chi connectivity index (χ3v) is 3.74. The first kappa shape index (κ1) is 13.2. The second kappa shape index (κ2) is 6.07. The van der Waals surface area contributed by atoms with E-state index in [0.29, 0.717) is 11.7 Å². The third-order valence-electron chi connectivity index (χ3n) is 3.74. The molecule has 2 rings (SSSR count). The molecule has 100 valence electrons. The summed E-state index contributed by atoms with van der Waals surface area (Å²) in [4.78, 5) is 2.36. The topological polar surface area (TPSA) is 58.7 Å². The molecule has 1 aliphatic heterocycles. The number of aromatic hydroxyl groups is 1. The van der Waals surface area contributed by atoms with Gasteiger partial charge in [-0.2, -0.15) is 0 Å². The second-order valence-corrected chi connectivity index (χ2v) is 4.92. The van der Waals surface area contributed by atoms with Crippen molar-refractivity contribution in [3.8, 4) is 11.5 Å². The van der Waals surface area contributed by atoms with Gasteiger partial charge in [0.05, 0.1) is 7.11 Å². The highest BCUT2D eigenvalue weighted by atomic mass is 16.5. The molecule has 18 heavy (non-hydrogen) atoms. The first-order valence-corrected chi connectivity index (χ1v) is 6.52. The fraction of sp³-hybridized carbons (Fsp3) is 0.571. The molecule has 0 saturated carbocycles. The average Bonchev–Trinajstić information content (AvgIpc) is 2.42. The van der Waals surface area contributed by atoms with Crippen LogP contribution in [0.2, 0.25) is 0 Å². The maximum Gasteiger partial charge on any atom is 0.162 e. The zero-order valence-corrected chi connectivity index (χ0v) is 10.9. The molecule has 1 heterocycles. The largest absolute Gasteiger partial charge is 0.504 e. The van der Waals surface area contributed by atoms with Gasteiger partial charge < -0.3 is 15.6 Å². The first-order chi connectivity index (χ1) is 8.74. The monoisotopic (exact) mass is 250 g/mol. The Bertz CT molecular complexity index is 387. The van der Waals surface area contributed by atoms with Crippen LogP contribution in [0.25, 0.3) is 0 Å². The molecule has 1 fully saturated rings. The molecular weight excluding hydrogens is 228 g/mol. The van der Waals surface area contributed by atoms with Crippen LogP contribution in [0.5, 0.6) is 11.5 Å². The third kappa shape index (κ3) is 2.94. The van der Waals surface area contributed by atoms with Crippen LogP contribution in [-0.2, 0) is 6.54 Å². The summed E-state index contributed by atoms with van der Waals surface area (Å²) in [6, 6.07) is 5.65. The summed E-state index contributed by atoms with van der Waals surface area (Å²) in [7, 11) is 1.57. The van der Waals surface area contributed by atoms with E-state index < -0.39 is 0 Å². The van der Waals surface area contributed by atoms with E-state index in [-0.39, 0.29) is 5.75 Å². The molecule has 1 aromatic rings. The summed E-state index contributed by atoms with van der Waals surface area (Å²) in [5.74, 6) is 1.48. The van der Waals surface area contributed by atoms with Gasteiger partial charge in [-0.15, -0.1) is 0 Å². The minimum Gasteiger partial charge on any atom is -0.504 e. The maximum absolute atomic E-state index is 10.0. The van der Waals surface area contributed by atoms with Crippen LogP contribution >= 0.6 is 0 Å². The van der Waals surface area contributed by atoms with Crippen molar-refractivity contribution in [1.82, 2.24) is 4.90 Å². The summed E-state index contributed by atoms with van der Waals surface area (Å²) in [5.41, 5.74) is 6.62. The number of phenolic OH excluding ortho intramolecular Hbond substituents is 1. The lowest BCUT2D eigenvalue weighted by atomic mass is 9.97. The molecule has 0 amide bonds. The first-order valence-electron chi connectivity index (χ1n) is 6.52. The molecule has 1 saturated heterocycles. The lowest BCUT2D eigenvalue weighted by molar-refractivity contribution is 0.178. The number of phenols is 1. The van der Waals surface area contributed by atoms with Crippen molar-refractivity contribution in [3.63, 3.8) is 0 Å². The van der Waals surface area contributed by atoms with Gasteiger partial charge in [-0.3, -0.25) is 4.90 Å². The van der Waals surface area contributed by atoms with E-state index in [1.165, 1.54) is 0 Å². The lowest BCUT2D eigenvalue weighted by Gasteiger charge is -2.31. The Labute approximate surface area is 108 Å². The zero-order chi connectivity index (χ0) is 13.0. The number of para-hydroxylation sites is 1. The molecule has 1 aliphatic rings. The number of piperidine rings is 1. The van der Waals surface area contributed by atoms with E-state index >= 15 is 0 Å². The fourth-order valence-electron chi connectivity index (χ4n) is 2.48. The van der Waals surface area contributed by atoms with Gasteiger partial charge in [0, 0.05) is 12.1 Å². The van der Waals surface area contributed by atoms with Crippen molar-refractivity contribution in [2.75, 3.05) is 26.7 Å². The Morgan fingerprint density at radius 1 is 1.39 bits per heavy atom. The van der Waals surface area contributed by atoms with Crippen molar-refractivity contribution in [2.24, 2.45) is 11.7 Å². The zero-order valence-electron chi connectivity index (χ0n) is 10.9. The Kier molecular flexibility index (Phi) is 4.44. The number of rotatable bonds is 4. The summed E-state index contributed by atoms with van der Waals surface area (Å²) < 4.78 is 5.12. The van der Waals surface area contributed by atoms with Crippen LogP contribution in [0, 0.1) is 5.92 Å². The van der Waals surface area contributed by atoms with E-state index in [9.17, 15) is 5.11 Å². The number of methoxy groups -OCH3 is 1. The number of nitrogens with zero attached hydrogens (tertiary/aromatic N) is 1. The Balaban J connectivity index is 1.98. The summed E-state index contributed by atoms with van der Waals surface area (Å²) in [5, 5.41) is 10.0. The maximum atomic E-state index is 10.0. The summed E-state index contributed by atoms with van der Waals surface area (Å²) >= 11 is 0. The Morgan fingerprint density at radius 3 is 2.72 bits per heavy atom. The smallest absolute Gasteiger partial charge is 0.162 e. The molecular formula is C14H22N2O2. The van der Waals surface area contributed by atoms with Gasteiger partial charge in [-0.05, 0) is 44.5 Å². The molecule has 0 spiro atoms. The minimum absolute atomic E-state index is 0.265. The number of hydrogen-bond acceptors (Lipinski definition) is 4. The van der Waals surface area contributed by atoms with Crippen LogP contribution in [-0.4, -0.2) is 36.8 Å². The van der Waals surface area contributed by atoms with Gasteiger partial charge in [-0.1, -0.05) is 12.1 Å². The van der Waals surface area contributed by atoms with Crippen LogP contribution in [0.4, 0.5) is 0 Å². The van der Waals surface area contributed by atoms with Crippen LogP contribution in [0.1, 0.15) is 18.4 Å². The predicted molar refractivity (Wildman–Crippen MR) is 71.7 cm³/mol. The standard InChI is InChI=1S/C14H22N2O2/c1-18-13-4-2-3-12(14(13)17)10-16-7-5-11(9-15)6-8-16/h2-4,11,17H,5-10,15H2,1H3. The Hall–Kier alpha value is -1.26. The molecule has 0 aliphatic carbocycles. The molecule has 0 aromatic heterocycles. The van der Waals surface area contributed by atoms with Gasteiger partial charge in [0.15, 0.2) is 11.5 Å². The van der Waals surface area contributed by atoms with E-state index in [4.69, 9.17) is 10.5 Å². The van der Waals surface area contributed by atoms with Crippen molar-refractivity contribution in [3.05, 3.63) is 23.8 Å². The normalized spacial score (nSPS) is 17.9. The molecule has 1 aromatic carbocycles. The molecule has 0 unspecified atom stereocenters. The lowest BCUT2D eigenvalue weighted by Crippen LogP contribution is -2.35. The van der Waals surface area contributed by atoms with Crippen molar-refractivity contribution in [1.29, 1.82) is 0 Å². The van der Waals surface area contributed by atoms with Crippen LogP contribution < -0.4 is 10.5 Å². The fourth-order valence-corrected chi connectivity index (χ4v) is 2.48. The number of hydrogen-bond donors (Lipinski definition) is 2. The van der Waals surface area contributed by atoms with E-state index in [1.54, 1.807) is 13.2 Å². The summed E-state index contributed by atoms with van der Waals surface area (Å²) in [6.07, 6.45) is 2.31. The van der Waals surface area contributed by atoms with E-state index in [2.05, 4.69) is 4.90 Å². The van der Waals surface area contributed by atoms with E-state index in [0.717, 1.165) is 44.6 Å². The summed E-state index contributed by atoms with van der Waals surface area (Å²) in [6.45, 7) is 3.68. The van der Waals surface area contributed by atoms with E-state index in [1.807, 2.05) is 12.1 Å². The Morgan fingerprint density at radius 2 is 2.11 bits per heavy atom. The number of benzene rings is 1. The number of nitrogens with two attached hydrogens (primary N) is 1. The molecule has 3 N–H and O–H groups in total. The minimum atomic E-state index is 0.265. The predicted octanol–water partition coefficient (Wildman–Crippen LogP) is 1.57. The van der Waals surface area contributed by atoms with Gasteiger partial charge in [0.1, 0.15) is 0 Å². The quantitative estimate of drug-likeness (QED) is 0.851. The van der Waals surface area contributed by atoms with Gasteiger partial charge in [0.25, 0.3) is 0 Å². The van der Waals surface area contributed by atoms with Gasteiger partial charge in [-0.25, -0.2) is 0 Å². The van der Waals surface area contributed by atoms with Gasteiger partial charge in [0.2, 0.25) is 0 Å². The average molecular weight is 250 g/mol. The highest BCUT2D eigenvalue weighted by Crippen LogP contribution is 2.31. The molecule has 0 bridgehead atoms. The molecule has 4 nitrogen and oxygen atoms in total. The van der Waals surface area contributed by atoms with Crippen LogP contribution in [0.3, 0.4) is 0 Å².